The summed E-state index contributed by atoms with van der Waals surface area (Å²) in [6.45, 7) is 0. The molecule has 3 atom stereocenters. The van der Waals surface area contributed by atoms with Crippen LogP contribution in [0.5, 0.6) is 0 Å². The van der Waals surface area contributed by atoms with Crippen molar-refractivity contribution in [3.8, 4) is 0 Å². The van der Waals surface area contributed by atoms with Crippen LogP contribution in [0.25, 0.3) is 0 Å². The van der Waals surface area contributed by atoms with Gasteiger partial charge in [-0.05, 0) is 48.8 Å². The van der Waals surface area contributed by atoms with E-state index in [1.807, 2.05) is 24.3 Å². The zero-order chi connectivity index (χ0) is 9.76. The average Bonchev–Trinajstić information content (AvgIpc) is 2.88. The molecular formula is C12H13ClO. The Balaban J connectivity index is 2.01. The second kappa shape index (κ2) is 2.74. The molecule has 2 fully saturated rings. The molecule has 14 heavy (non-hydrogen) atoms. The minimum absolute atomic E-state index is 0.501. The van der Waals surface area contributed by atoms with Gasteiger partial charge in [0.05, 0.1) is 5.60 Å². The Bertz CT molecular complexity index is 376. The molecule has 2 saturated carbocycles. The van der Waals surface area contributed by atoms with Crippen molar-refractivity contribution in [2.45, 2.75) is 24.9 Å². The summed E-state index contributed by atoms with van der Waals surface area (Å²) in [5.41, 5.74) is 0.435. The van der Waals surface area contributed by atoms with Gasteiger partial charge >= 0.3 is 0 Å². The Kier molecular flexibility index (Phi) is 1.71. The van der Waals surface area contributed by atoms with Crippen molar-refractivity contribution >= 4 is 11.6 Å². The molecule has 3 unspecified atom stereocenters. The lowest BCUT2D eigenvalue weighted by molar-refractivity contribution is 0.0207. The Morgan fingerprint density at radius 3 is 2.86 bits per heavy atom. The Morgan fingerprint density at radius 2 is 2.29 bits per heavy atom. The van der Waals surface area contributed by atoms with Crippen molar-refractivity contribution in [2.24, 2.45) is 11.8 Å². The van der Waals surface area contributed by atoms with Crippen molar-refractivity contribution in [1.29, 1.82) is 0 Å². The van der Waals surface area contributed by atoms with Crippen molar-refractivity contribution in [2.75, 3.05) is 0 Å². The molecule has 0 heterocycles. The number of hydrogen-bond donors (Lipinski definition) is 1. The molecule has 0 aromatic heterocycles. The predicted octanol–water partition coefficient (Wildman–Crippen LogP) is 2.96. The van der Waals surface area contributed by atoms with Gasteiger partial charge < -0.3 is 5.11 Å². The van der Waals surface area contributed by atoms with E-state index in [0.29, 0.717) is 5.92 Å². The largest absolute Gasteiger partial charge is 0.385 e. The fraction of sp³-hybridized carbons (Fsp3) is 0.500. The molecule has 0 saturated heterocycles. The standard InChI is InChI=1S/C12H13ClO/c13-10-3-1-2-9(7-10)12(14)5-4-8-6-11(8)12/h1-3,7-8,11,14H,4-6H2. The summed E-state index contributed by atoms with van der Waals surface area (Å²) < 4.78 is 0. The summed E-state index contributed by atoms with van der Waals surface area (Å²) in [6, 6.07) is 7.67. The molecule has 0 spiro atoms. The van der Waals surface area contributed by atoms with E-state index in [1.165, 1.54) is 12.8 Å². The predicted molar refractivity (Wildman–Crippen MR) is 56.2 cm³/mol. The third kappa shape index (κ3) is 1.12. The normalized spacial score (nSPS) is 39.6. The number of hydrogen-bond acceptors (Lipinski definition) is 1. The van der Waals surface area contributed by atoms with Crippen LogP contribution >= 0.6 is 11.6 Å². The van der Waals surface area contributed by atoms with Gasteiger partial charge in [0, 0.05) is 5.02 Å². The van der Waals surface area contributed by atoms with Crippen LogP contribution in [0.3, 0.4) is 0 Å². The van der Waals surface area contributed by atoms with Crippen molar-refractivity contribution in [3.63, 3.8) is 0 Å². The third-order valence-electron chi connectivity index (χ3n) is 3.76. The maximum absolute atomic E-state index is 10.5. The van der Waals surface area contributed by atoms with E-state index in [4.69, 9.17) is 11.6 Å². The van der Waals surface area contributed by atoms with Gasteiger partial charge in [-0.2, -0.15) is 0 Å². The molecule has 1 aromatic carbocycles. The summed E-state index contributed by atoms with van der Waals surface area (Å²) in [5.74, 6) is 1.28. The Hall–Kier alpha value is -0.530. The highest BCUT2D eigenvalue weighted by Crippen LogP contribution is 2.61. The first-order valence-electron chi connectivity index (χ1n) is 5.18. The lowest BCUT2D eigenvalue weighted by Gasteiger charge is -2.25. The molecular weight excluding hydrogens is 196 g/mol. The molecule has 74 valence electrons. The maximum atomic E-state index is 10.5. The van der Waals surface area contributed by atoms with Crippen LogP contribution in [0.15, 0.2) is 24.3 Å². The van der Waals surface area contributed by atoms with E-state index >= 15 is 0 Å². The average molecular weight is 209 g/mol. The van der Waals surface area contributed by atoms with E-state index in [0.717, 1.165) is 22.9 Å². The molecule has 0 radical (unpaired) electrons. The molecule has 1 nitrogen and oxygen atoms in total. The summed E-state index contributed by atoms with van der Waals surface area (Å²) in [5, 5.41) is 11.3. The first kappa shape index (κ1) is 8.75. The molecule has 2 aliphatic carbocycles. The van der Waals surface area contributed by atoms with E-state index < -0.39 is 5.60 Å². The number of benzene rings is 1. The highest BCUT2D eigenvalue weighted by atomic mass is 35.5. The van der Waals surface area contributed by atoms with Gasteiger partial charge in [-0.3, -0.25) is 0 Å². The van der Waals surface area contributed by atoms with Crippen LogP contribution in [-0.2, 0) is 5.60 Å². The lowest BCUT2D eigenvalue weighted by atomic mass is 9.89. The summed E-state index contributed by atoms with van der Waals surface area (Å²) >= 11 is 5.94. The van der Waals surface area contributed by atoms with E-state index in [9.17, 15) is 5.11 Å². The van der Waals surface area contributed by atoms with Crippen molar-refractivity contribution < 1.29 is 5.11 Å². The monoisotopic (exact) mass is 208 g/mol. The lowest BCUT2D eigenvalue weighted by Crippen LogP contribution is -2.25. The molecule has 0 bridgehead atoms. The Labute approximate surface area is 88.7 Å². The van der Waals surface area contributed by atoms with Gasteiger partial charge in [-0.1, -0.05) is 23.7 Å². The second-order valence-electron chi connectivity index (χ2n) is 4.58. The number of rotatable bonds is 1. The van der Waals surface area contributed by atoms with E-state index in [1.54, 1.807) is 0 Å². The van der Waals surface area contributed by atoms with Crippen molar-refractivity contribution in [3.05, 3.63) is 34.9 Å². The Morgan fingerprint density at radius 1 is 1.43 bits per heavy atom. The quantitative estimate of drug-likeness (QED) is 0.753. The summed E-state index contributed by atoms with van der Waals surface area (Å²) in [6.07, 6.45) is 3.28. The van der Waals surface area contributed by atoms with Crippen molar-refractivity contribution in [1.82, 2.24) is 0 Å². The van der Waals surface area contributed by atoms with Crippen LogP contribution in [0, 0.1) is 11.8 Å². The summed E-state index contributed by atoms with van der Waals surface area (Å²) in [7, 11) is 0. The van der Waals surface area contributed by atoms with E-state index in [2.05, 4.69) is 0 Å². The highest BCUT2D eigenvalue weighted by Gasteiger charge is 2.57. The third-order valence-corrected chi connectivity index (χ3v) is 3.99. The molecule has 3 rings (SSSR count). The van der Waals surface area contributed by atoms with Gasteiger partial charge in [-0.15, -0.1) is 0 Å². The zero-order valence-corrected chi connectivity index (χ0v) is 8.67. The van der Waals surface area contributed by atoms with Crippen LogP contribution in [0.4, 0.5) is 0 Å². The topological polar surface area (TPSA) is 20.2 Å². The van der Waals surface area contributed by atoms with Gasteiger partial charge in [-0.25, -0.2) is 0 Å². The molecule has 2 heteroatoms. The SMILES string of the molecule is OC1(c2cccc(Cl)c2)CCC2CC21. The molecule has 0 aliphatic heterocycles. The first-order chi connectivity index (χ1) is 6.70. The van der Waals surface area contributed by atoms with Gasteiger partial charge in [0.1, 0.15) is 0 Å². The fourth-order valence-electron chi connectivity index (χ4n) is 2.86. The van der Waals surface area contributed by atoms with Crippen LogP contribution in [-0.4, -0.2) is 5.11 Å². The maximum Gasteiger partial charge on any atom is 0.0927 e. The molecule has 0 amide bonds. The van der Waals surface area contributed by atoms with E-state index in [-0.39, 0.29) is 0 Å². The number of halogens is 1. The number of fused-ring (bicyclic) bond motifs is 1. The van der Waals surface area contributed by atoms with Gasteiger partial charge in [0.15, 0.2) is 0 Å². The minimum atomic E-state index is -0.574. The van der Waals surface area contributed by atoms with Gasteiger partial charge in [0.2, 0.25) is 0 Å². The summed E-state index contributed by atoms with van der Waals surface area (Å²) in [4.78, 5) is 0. The minimum Gasteiger partial charge on any atom is -0.385 e. The molecule has 1 aromatic rings. The molecule has 2 aliphatic rings. The van der Waals surface area contributed by atoms with Crippen LogP contribution in [0.1, 0.15) is 24.8 Å². The fourth-order valence-corrected chi connectivity index (χ4v) is 3.05. The zero-order valence-electron chi connectivity index (χ0n) is 7.91. The second-order valence-corrected chi connectivity index (χ2v) is 5.01. The highest BCUT2D eigenvalue weighted by molar-refractivity contribution is 6.30. The molecule has 1 N–H and O–H groups in total. The number of aliphatic hydroxyl groups is 1. The van der Waals surface area contributed by atoms with Crippen LogP contribution < -0.4 is 0 Å². The van der Waals surface area contributed by atoms with Crippen LogP contribution in [0.2, 0.25) is 5.02 Å². The van der Waals surface area contributed by atoms with Gasteiger partial charge in [0.25, 0.3) is 0 Å². The smallest absolute Gasteiger partial charge is 0.0927 e. The first-order valence-corrected chi connectivity index (χ1v) is 5.56.